The van der Waals surface area contributed by atoms with Gasteiger partial charge in [0.05, 0.1) is 12.2 Å². The molecule has 2 aromatic heterocycles. The fourth-order valence-electron chi connectivity index (χ4n) is 3.13. The summed E-state index contributed by atoms with van der Waals surface area (Å²) in [6, 6.07) is 12.2. The molecule has 148 valence electrons. The number of hydrogen-bond donors (Lipinski definition) is 1. The lowest BCUT2D eigenvalue weighted by Gasteiger charge is -2.23. The first-order valence-electron chi connectivity index (χ1n) is 9.57. The number of methoxy groups -OCH3 is 1. The van der Waals surface area contributed by atoms with Crippen LogP contribution in [0.25, 0.3) is 5.65 Å². The summed E-state index contributed by atoms with van der Waals surface area (Å²) in [6.45, 7) is 6.32. The minimum Gasteiger partial charge on any atom is -0.385 e. The number of pyridine rings is 1. The Balaban J connectivity index is 1.65. The van der Waals surface area contributed by atoms with Gasteiger partial charge in [0, 0.05) is 39.2 Å². The molecule has 0 fully saturated rings. The smallest absolute Gasteiger partial charge is 0.318 e. The minimum absolute atomic E-state index is 0.0922. The lowest BCUT2D eigenvalue weighted by molar-refractivity contribution is 0.165. The van der Waals surface area contributed by atoms with Crippen molar-refractivity contribution in [3.63, 3.8) is 0 Å². The highest BCUT2D eigenvalue weighted by atomic mass is 16.5. The highest BCUT2D eigenvalue weighted by molar-refractivity contribution is 5.74. The van der Waals surface area contributed by atoms with Crippen LogP contribution in [0.2, 0.25) is 0 Å². The summed E-state index contributed by atoms with van der Waals surface area (Å²) in [7, 11) is 1.68. The Hall–Kier alpha value is -2.86. The Morgan fingerprint density at radius 1 is 1.21 bits per heavy atom. The molecule has 0 atom stereocenters. The van der Waals surface area contributed by atoms with Crippen molar-refractivity contribution in [2.24, 2.45) is 0 Å². The molecule has 0 spiro atoms. The van der Waals surface area contributed by atoms with Gasteiger partial charge in [-0.3, -0.25) is 0 Å². The normalized spacial score (nSPS) is 11.0. The fourth-order valence-corrected chi connectivity index (χ4v) is 3.13. The SMILES string of the molecule is COCCCN(Cc1ccc(C)cc1)C(=O)NCc1cn2cccc(C)c2n1. The maximum atomic E-state index is 12.8. The Bertz CT molecular complexity index is 918. The van der Waals surface area contributed by atoms with Crippen LogP contribution in [0.1, 0.15) is 28.8 Å². The predicted molar refractivity (Wildman–Crippen MR) is 110 cm³/mol. The van der Waals surface area contributed by atoms with Gasteiger partial charge in [-0.25, -0.2) is 9.78 Å². The molecule has 0 radical (unpaired) electrons. The summed E-state index contributed by atoms with van der Waals surface area (Å²) in [5.74, 6) is 0. The second-order valence-electron chi connectivity index (χ2n) is 7.07. The quantitative estimate of drug-likeness (QED) is 0.606. The number of urea groups is 1. The molecule has 6 nitrogen and oxygen atoms in total. The Kier molecular flexibility index (Phi) is 6.66. The number of nitrogens with zero attached hydrogens (tertiary/aromatic N) is 3. The number of imidazole rings is 1. The summed E-state index contributed by atoms with van der Waals surface area (Å²) < 4.78 is 7.13. The number of aryl methyl sites for hydroxylation is 2. The van der Waals surface area contributed by atoms with Crippen LogP contribution >= 0.6 is 0 Å². The van der Waals surface area contributed by atoms with Crippen molar-refractivity contribution in [3.05, 3.63) is 71.2 Å². The number of ether oxygens (including phenoxy) is 1. The van der Waals surface area contributed by atoms with E-state index in [4.69, 9.17) is 4.74 Å². The van der Waals surface area contributed by atoms with Crippen molar-refractivity contribution in [3.8, 4) is 0 Å². The van der Waals surface area contributed by atoms with E-state index in [0.29, 0.717) is 26.2 Å². The third kappa shape index (κ3) is 5.10. The molecule has 0 saturated heterocycles. The highest BCUT2D eigenvalue weighted by Crippen LogP contribution is 2.11. The van der Waals surface area contributed by atoms with E-state index in [2.05, 4.69) is 41.5 Å². The summed E-state index contributed by atoms with van der Waals surface area (Å²) in [5, 5.41) is 3.01. The van der Waals surface area contributed by atoms with Gasteiger partial charge in [0.2, 0.25) is 0 Å². The molecule has 2 amide bonds. The van der Waals surface area contributed by atoms with E-state index >= 15 is 0 Å². The van der Waals surface area contributed by atoms with Gasteiger partial charge in [-0.15, -0.1) is 0 Å². The maximum absolute atomic E-state index is 12.8. The fraction of sp³-hybridized carbons (Fsp3) is 0.364. The van der Waals surface area contributed by atoms with Crippen molar-refractivity contribution in [1.29, 1.82) is 0 Å². The highest BCUT2D eigenvalue weighted by Gasteiger charge is 2.14. The van der Waals surface area contributed by atoms with Crippen LogP contribution in [0, 0.1) is 13.8 Å². The monoisotopic (exact) mass is 380 g/mol. The van der Waals surface area contributed by atoms with E-state index < -0.39 is 0 Å². The van der Waals surface area contributed by atoms with Crippen molar-refractivity contribution in [1.82, 2.24) is 19.6 Å². The Morgan fingerprint density at radius 3 is 2.71 bits per heavy atom. The molecule has 1 N–H and O–H groups in total. The van der Waals surface area contributed by atoms with Gasteiger partial charge in [-0.1, -0.05) is 35.9 Å². The third-order valence-corrected chi connectivity index (χ3v) is 4.71. The number of benzene rings is 1. The van der Waals surface area contributed by atoms with Gasteiger partial charge in [0.1, 0.15) is 5.65 Å². The van der Waals surface area contributed by atoms with Crippen LogP contribution < -0.4 is 5.32 Å². The van der Waals surface area contributed by atoms with Gasteiger partial charge in [-0.05, 0) is 37.5 Å². The lowest BCUT2D eigenvalue weighted by atomic mass is 10.1. The summed E-state index contributed by atoms with van der Waals surface area (Å²) >= 11 is 0. The van der Waals surface area contributed by atoms with Gasteiger partial charge >= 0.3 is 6.03 Å². The molecule has 0 bridgehead atoms. The van der Waals surface area contributed by atoms with Crippen LogP contribution in [0.5, 0.6) is 0 Å². The van der Waals surface area contributed by atoms with E-state index in [-0.39, 0.29) is 6.03 Å². The molecule has 2 heterocycles. The molecule has 0 unspecified atom stereocenters. The van der Waals surface area contributed by atoms with E-state index in [9.17, 15) is 4.79 Å². The minimum atomic E-state index is -0.0922. The Morgan fingerprint density at radius 2 is 2.00 bits per heavy atom. The second-order valence-corrected chi connectivity index (χ2v) is 7.07. The van der Waals surface area contributed by atoms with E-state index in [1.165, 1.54) is 5.56 Å². The first-order valence-corrected chi connectivity index (χ1v) is 9.57. The standard InChI is InChI=1S/C22H28N4O2/c1-17-7-9-19(10-8-17)15-26(12-5-13-28-3)22(27)23-14-20-16-25-11-4-6-18(2)21(25)24-20/h4,6-11,16H,5,12-15H2,1-3H3,(H,23,27). The maximum Gasteiger partial charge on any atom is 0.318 e. The number of nitrogens with one attached hydrogen (secondary N) is 1. The lowest BCUT2D eigenvalue weighted by Crippen LogP contribution is -2.40. The number of fused-ring (bicyclic) bond motifs is 1. The molecule has 1 aromatic carbocycles. The molecule has 0 aliphatic rings. The van der Waals surface area contributed by atoms with Crippen LogP contribution in [-0.2, 0) is 17.8 Å². The third-order valence-electron chi connectivity index (χ3n) is 4.71. The zero-order valence-corrected chi connectivity index (χ0v) is 16.8. The first-order chi connectivity index (χ1) is 13.6. The summed E-state index contributed by atoms with van der Waals surface area (Å²) in [4.78, 5) is 19.3. The van der Waals surface area contributed by atoms with Crippen LogP contribution in [-0.4, -0.2) is 40.6 Å². The van der Waals surface area contributed by atoms with Crippen molar-refractivity contribution < 1.29 is 9.53 Å². The largest absolute Gasteiger partial charge is 0.385 e. The number of carbonyl (C=O) groups excluding carboxylic acids is 1. The number of carbonyl (C=O) groups is 1. The van der Waals surface area contributed by atoms with E-state index in [1.54, 1.807) is 7.11 Å². The average molecular weight is 380 g/mol. The number of rotatable bonds is 8. The molecule has 28 heavy (non-hydrogen) atoms. The average Bonchev–Trinajstić information content (AvgIpc) is 3.12. The molecule has 3 rings (SSSR count). The second kappa shape index (κ2) is 9.37. The molecule has 0 aliphatic carbocycles. The van der Waals surface area contributed by atoms with Crippen LogP contribution in [0.3, 0.4) is 0 Å². The van der Waals surface area contributed by atoms with Crippen LogP contribution in [0.4, 0.5) is 4.79 Å². The zero-order valence-electron chi connectivity index (χ0n) is 16.8. The molecule has 0 aliphatic heterocycles. The van der Waals surface area contributed by atoms with Gasteiger partial charge in [0.15, 0.2) is 0 Å². The van der Waals surface area contributed by atoms with Crippen LogP contribution in [0.15, 0.2) is 48.8 Å². The molecule has 0 saturated carbocycles. The van der Waals surface area contributed by atoms with Gasteiger partial charge in [-0.2, -0.15) is 0 Å². The summed E-state index contributed by atoms with van der Waals surface area (Å²) in [5.41, 5.74) is 5.20. The predicted octanol–water partition coefficient (Wildman–Crippen LogP) is 3.70. The molecular formula is C22H28N4O2. The van der Waals surface area contributed by atoms with Gasteiger partial charge in [0.25, 0.3) is 0 Å². The van der Waals surface area contributed by atoms with Crippen molar-refractivity contribution in [2.45, 2.75) is 33.4 Å². The van der Waals surface area contributed by atoms with Gasteiger partial charge < -0.3 is 19.4 Å². The number of aromatic nitrogens is 2. The van der Waals surface area contributed by atoms with E-state index in [1.807, 2.05) is 40.8 Å². The Labute approximate surface area is 166 Å². The zero-order chi connectivity index (χ0) is 19.9. The summed E-state index contributed by atoms with van der Waals surface area (Å²) in [6.07, 6.45) is 4.72. The van der Waals surface area contributed by atoms with Crippen molar-refractivity contribution >= 4 is 11.7 Å². The van der Waals surface area contributed by atoms with E-state index in [0.717, 1.165) is 28.9 Å². The molecular weight excluding hydrogens is 352 g/mol. The topological polar surface area (TPSA) is 58.9 Å². The van der Waals surface area contributed by atoms with Crippen molar-refractivity contribution in [2.75, 3.05) is 20.3 Å². The molecule has 3 aromatic rings. The molecule has 6 heteroatoms. The first kappa shape index (κ1) is 19.9. The number of amides is 2. The number of hydrogen-bond acceptors (Lipinski definition) is 3.